The van der Waals surface area contributed by atoms with Gasteiger partial charge in [0.1, 0.15) is 12.4 Å². The summed E-state index contributed by atoms with van der Waals surface area (Å²) in [5.74, 6) is 0.369. The maximum Gasteiger partial charge on any atom is 0.416 e. The molecule has 7 nitrogen and oxygen atoms in total. The molecular weight excluding hydrogens is 461 g/mol. The number of carbonyl (C=O) groups excluding carboxylic acids is 2. The van der Waals surface area contributed by atoms with Gasteiger partial charge in [-0.1, -0.05) is 18.2 Å². The van der Waals surface area contributed by atoms with Crippen LogP contribution in [-0.4, -0.2) is 46.5 Å². The van der Waals surface area contributed by atoms with Gasteiger partial charge in [0.05, 0.1) is 29.1 Å². The summed E-state index contributed by atoms with van der Waals surface area (Å²) in [6.45, 7) is 1.20. The third-order valence-electron chi connectivity index (χ3n) is 6.81. The second kappa shape index (κ2) is 8.99. The SMILES string of the molecule is COCc1nc2cc(C(F)(F)F)ccc2n1C1CCN(C(=O)C[C@@H]2NC(=O)c3ccccc32)CC1. The Morgan fingerprint density at radius 1 is 1.17 bits per heavy atom. The lowest BCUT2D eigenvalue weighted by Gasteiger charge is -2.34. The van der Waals surface area contributed by atoms with Crippen molar-refractivity contribution in [1.29, 1.82) is 0 Å². The number of imidazole rings is 1. The predicted molar refractivity (Wildman–Crippen MR) is 122 cm³/mol. The number of piperidine rings is 1. The van der Waals surface area contributed by atoms with E-state index in [0.29, 0.717) is 42.8 Å². The summed E-state index contributed by atoms with van der Waals surface area (Å²) in [5.41, 5.74) is 1.61. The number of halogens is 3. The van der Waals surface area contributed by atoms with Crippen LogP contribution in [0.4, 0.5) is 13.2 Å². The Hall–Kier alpha value is -3.40. The standard InChI is InChI=1S/C25H25F3N4O3/c1-35-14-22-29-20-12-15(25(26,27)28)6-7-21(20)32(22)16-8-10-31(11-9-16)23(33)13-19-17-4-2-3-5-18(17)24(34)30-19/h2-7,12,16,19H,8-11,13-14H2,1H3,(H,30,34)/t19-/m0/s1. The van der Waals surface area contributed by atoms with Gasteiger partial charge in [-0.2, -0.15) is 13.2 Å². The van der Waals surface area contributed by atoms with Crippen molar-refractivity contribution in [2.45, 2.75) is 44.1 Å². The van der Waals surface area contributed by atoms with Gasteiger partial charge in [-0.05, 0) is 42.7 Å². The molecule has 2 aliphatic rings. The average molecular weight is 486 g/mol. The monoisotopic (exact) mass is 486 g/mol. The van der Waals surface area contributed by atoms with E-state index in [2.05, 4.69) is 10.3 Å². The number of methoxy groups -OCH3 is 1. The number of hydrogen-bond donors (Lipinski definition) is 1. The molecule has 3 aromatic rings. The highest BCUT2D eigenvalue weighted by molar-refractivity contribution is 5.99. The molecule has 0 radical (unpaired) electrons. The average Bonchev–Trinajstić information content (AvgIpc) is 3.35. The first-order valence-corrected chi connectivity index (χ1v) is 11.5. The van der Waals surface area contributed by atoms with Crippen molar-refractivity contribution < 1.29 is 27.5 Å². The van der Waals surface area contributed by atoms with E-state index in [-0.39, 0.29) is 42.4 Å². The van der Waals surface area contributed by atoms with Crippen LogP contribution < -0.4 is 5.32 Å². The molecule has 5 rings (SSSR count). The van der Waals surface area contributed by atoms with Gasteiger partial charge < -0.3 is 19.5 Å². The first-order valence-electron chi connectivity index (χ1n) is 11.5. The van der Waals surface area contributed by atoms with Gasteiger partial charge in [-0.15, -0.1) is 0 Å². The Balaban J connectivity index is 1.30. The Labute approximate surface area is 199 Å². The van der Waals surface area contributed by atoms with Gasteiger partial charge in [-0.25, -0.2) is 4.98 Å². The van der Waals surface area contributed by atoms with Gasteiger partial charge in [0, 0.05) is 31.8 Å². The zero-order valence-electron chi connectivity index (χ0n) is 19.1. The van der Waals surface area contributed by atoms with Crippen LogP contribution >= 0.6 is 0 Å². The summed E-state index contributed by atoms with van der Waals surface area (Å²) in [7, 11) is 1.52. The molecule has 184 valence electrons. The van der Waals surface area contributed by atoms with Crippen LogP contribution in [0.3, 0.4) is 0 Å². The molecule has 1 aromatic heterocycles. The fraction of sp³-hybridized carbons (Fsp3) is 0.400. The minimum Gasteiger partial charge on any atom is -0.377 e. The number of likely N-dealkylation sites (tertiary alicyclic amines) is 1. The fourth-order valence-electron chi connectivity index (χ4n) is 5.12. The van der Waals surface area contributed by atoms with Crippen LogP contribution in [0.15, 0.2) is 42.5 Å². The van der Waals surface area contributed by atoms with Crippen LogP contribution in [0.1, 0.15) is 58.7 Å². The lowest BCUT2D eigenvalue weighted by Crippen LogP contribution is -2.40. The minimum atomic E-state index is -4.44. The smallest absolute Gasteiger partial charge is 0.377 e. The summed E-state index contributed by atoms with van der Waals surface area (Å²) in [5, 5.41) is 2.88. The molecule has 0 saturated carbocycles. The van der Waals surface area contributed by atoms with E-state index >= 15 is 0 Å². The van der Waals surface area contributed by atoms with Crippen molar-refractivity contribution in [2.75, 3.05) is 20.2 Å². The molecule has 1 N–H and O–H groups in total. The number of alkyl halides is 3. The van der Waals surface area contributed by atoms with Crippen LogP contribution in [0, 0.1) is 0 Å². The molecule has 1 atom stereocenters. The lowest BCUT2D eigenvalue weighted by atomic mass is 10.00. The van der Waals surface area contributed by atoms with Crippen molar-refractivity contribution in [1.82, 2.24) is 19.8 Å². The molecule has 2 amide bonds. The second-order valence-corrected chi connectivity index (χ2v) is 8.96. The van der Waals surface area contributed by atoms with E-state index in [0.717, 1.165) is 17.7 Å². The molecule has 2 aliphatic heterocycles. The number of nitrogens with one attached hydrogen (secondary N) is 1. The number of fused-ring (bicyclic) bond motifs is 2. The molecule has 2 aromatic carbocycles. The van der Waals surface area contributed by atoms with E-state index < -0.39 is 11.7 Å². The van der Waals surface area contributed by atoms with Crippen molar-refractivity contribution in [3.05, 3.63) is 65.0 Å². The fourth-order valence-corrected chi connectivity index (χ4v) is 5.12. The number of rotatable bonds is 5. The van der Waals surface area contributed by atoms with Crippen LogP contribution in [0.25, 0.3) is 11.0 Å². The second-order valence-electron chi connectivity index (χ2n) is 8.96. The minimum absolute atomic E-state index is 0.0159. The van der Waals surface area contributed by atoms with Gasteiger partial charge in [0.2, 0.25) is 5.91 Å². The molecule has 1 fully saturated rings. The summed E-state index contributed by atoms with van der Waals surface area (Å²) in [4.78, 5) is 31.4. The number of amides is 2. The van der Waals surface area contributed by atoms with Gasteiger partial charge in [-0.3, -0.25) is 9.59 Å². The number of nitrogens with zero attached hydrogens (tertiary/aromatic N) is 3. The predicted octanol–water partition coefficient (Wildman–Crippen LogP) is 4.24. The number of aromatic nitrogens is 2. The van der Waals surface area contributed by atoms with Crippen LogP contribution in [0.5, 0.6) is 0 Å². The van der Waals surface area contributed by atoms with Gasteiger partial charge in [0.15, 0.2) is 0 Å². The first kappa shape index (κ1) is 23.3. The molecule has 0 bridgehead atoms. The lowest BCUT2D eigenvalue weighted by molar-refractivity contribution is -0.137. The third-order valence-corrected chi connectivity index (χ3v) is 6.81. The normalized spacial score (nSPS) is 18.7. The highest BCUT2D eigenvalue weighted by atomic mass is 19.4. The summed E-state index contributed by atoms with van der Waals surface area (Å²) in [6.07, 6.45) is -2.97. The Morgan fingerprint density at radius 3 is 2.63 bits per heavy atom. The molecule has 0 aliphatic carbocycles. The zero-order valence-corrected chi connectivity index (χ0v) is 19.1. The van der Waals surface area contributed by atoms with Crippen LogP contribution in [0.2, 0.25) is 0 Å². The maximum atomic E-state index is 13.2. The first-order chi connectivity index (χ1) is 16.8. The molecule has 0 unspecified atom stereocenters. The van der Waals surface area contributed by atoms with E-state index in [4.69, 9.17) is 4.74 Å². The van der Waals surface area contributed by atoms with Crippen molar-refractivity contribution in [3.8, 4) is 0 Å². The Kier molecular flexibility index (Phi) is 6.00. The molecular formula is C25H25F3N4O3. The number of ether oxygens (including phenoxy) is 1. The van der Waals surface area contributed by atoms with E-state index in [1.165, 1.54) is 13.2 Å². The molecule has 10 heteroatoms. The van der Waals surface area contributed by atoms with Crippen molar-refractivity contribution in [2.24, 2.45) is 0 Å². The Morgan fingerprint density at radius 2 is 1.91 bits per heavy atom. The third kappa shape index (κ3) is 4.38. The van der Waals surface area contributed by atoms with E-state index in [1.54, 1.807) is 17.0 Å². The summed E-state index contributed by atoms with van der Waals surface area (Å²) in [6, 6.07) is 10.5. The van der Waals surface area contributed by atoms with E-state index in [9.17, 15) is 22.8 Å². The summed E-state index contributed by atoms with van der Waals surface area (Å²) >= 11 is 0. The van der Waals surface area contributed by atoms with Crippen molar-refractivity contribution >= 4 is 22.8 Å². The van der Waals surface area contributed by atoms with Crippen LogP contribution in [-0.2, 0) is 22.3 Å². The maximum absolute atomic E-state index is 13.2. The van der Waals surface area contributed by atoms with Gasteiger partial charge >= 0.3 is 6.18 Å². The molecule has 3 heterocycles. The number of benzene rings is 2. The molecule has 1 saturated heterocycles. The Bertz CT molecular complexity index is 1280. The largest absolute Gasteiger partial charge is 0.416 e. The number of carbonyl (C=O) groups is 2. The van der Waals surface area contributed by atoms with E-state index in [1.807, 2.05) is 16.7 Å². The quantitative estimate of drug-likeness (QED) is 0.586. The van der Waals surface area contributed by atoms with Crippen molar-refractivity contribution in [3.63, 3.8) is 0 Å². The molecule has 0 spiro atoms. The molecule has 35 heavy (non-hydrogen) atoms. The topological polar surface area (TPSA) is 76.5 Å². The van der Waals surface area contributed by atoms with Gasteiger partial charge in [0.25, 0.3) is 5.91 Å². The number of hydrogen-bond acceptors (Lipinski definition) is 4. The highest BCUT2D eigenvalue weighted by Gasteiger charge is 2.34. The highest BCUT2D eigenvalue weighted by Crippen LogP contribution is 2.35. The summed E-state index contributed by atoms with van der Waals surface area (Å²) < 4.78 is 46.7. The zero-order chi connectivity index (χ0) is 24.7.